The van der Waals surface area contributed by atoms with Crippen LogP contribution in [0.3, 0.4) is 0 Å². The summed E-state index contributed by atoms with van der Waals surface area (Å²) in [6.07, 6.45) is 8.51. The van der Waals surface area contributed by atoms with Crippen molar-refractivity contribution in [2.24, 2.45) is 11.3 Å². The Bertz CT molecular complexity index is 254. The predicted molar refractivity (Wildman–Crippen MR) is 76.6 cm³/mol. The van der Waals surface area contributed by atoms with Crippen molar-refractivity contribution in [2.75, 3.05) is 13.1 Å². The molecule has 2 fully saturated rings. The average molecular weight is 253 g/mol. The minimum Gasteiger partial charge on any atom is -0.393 e. The van der Waals surface area contributed by atoms with Crippen LogP contribution in [0.1, 0.15) is 65.7 Å². The Hall–Kier alpha value is -0.0800. The summed E-state index contributed by atoms with van der Waals surface area (Å²) in [4.78, 5) is 2.69. The van der Waals surface area contributed by atoms with Gasteiger partial charge in [0.1, 0.15) is 0 Å². The molecule has 0 bridgehead atoms. The summed E-state index contributed by atoms with van der Waals surface area (Å²) in [5.74, 6) is 0.833. The molecule has 1 heterocycles. The molecule has 2 heteroatoms. The molecule has 1 aliphatic heterocycles. The molecule has 0 amide bonds. The normalized spacial score (nSPS) is 37.7. The van der Waals surface area contributed by atoms with Gasteiger partial charge in [0.05, 0.1) is 6.10 Å². The summed E-state index contributed by atoms with van der Waals surface area (Å²) in [6.45, 7) is 9.56. The van der Waals surface area contributed by atoms with E-state index in [2.05, 4.69) is 25.7 Å². The van der Waals surface area contributed by atoms with E-state index in [0.717, 1.165) is 18.8 Å². The van der Waals surface area contributed by atoms with E-state index in [1.165, 1.54) is 45.2 Å². The zero-order chi connectivity index (χ0) is 13.2. The molecule has 0 spiro atoms. The third kappa shape index (κ3) is 3.48. The fraction of sp³-hybridized carbons (Fsp3) is 1.00. The Labute approximate surface area is 113 Å². The van der Waals surface area contributed by atoms with E-state index in [0.29, 0.717) is 11.5 Å². The van der Waals surface area contributed by atoms with Crippen molar-refractivity contribution in [3.63, 3.8) is 0 Å². The SMILES string of the molecule is CCCC1CCC(O)CC1N1CCC(C)(C)CC1. The second kappa shape index (κ2) is 5.92. The van der Waals surface area contributed by atoms with Crippen LogP contribution < -0.4 is 0 Å². The molecule has 3 atom stereocenters. The molecule has 1 N–H and O–H groups in total. The van der Waals surface area contributed by atoms with Crippen LogP contribution in [0, 0.1) is 11.3 Å². The zero-order valence-corrected chi connectivity index (χ0v) is 12.5. The molecule has 0 aromatic carbocycles. The highest BCUT2D eigenvalue weighted by atomic mass is 16.3. The summed E-state index contributed by atoms with van der Waals surface area (Å²) >= 11 is 0. The van der Waals surface area contributed by atoms with E-state index in [1.807, 2.05) is 0 Å². The van der Waals surface area contributed by atoms with Gasteiger partial charge in [-0.3, -0.25) is 4.90 Å². The number of rotatable bonds is 3. The number of aliphatic hydroxyl groups is 1. The van der Waals surface area contributed by atoms with E-state index in [9.17, 15) is 5.11 Å². The fourth-order valence-corrected chi connectivity index (χ4v) is 3.80. The monoisotopic (exact) mass is 253 g/mol. The minimum atomic E-state index is -0.0435. The maximum atomic E-state index is 9.97. The number of likely N-dealkylation sites (tertiary alicyclic amines) is 1. The molecular formula is C16H31NO. The van der Waals surface area contributed by atoms with E-state index in [4.69, 9.17) is 0 Å². The number of hydrogen-bond acceptors (Lipinski definition) is 2. The third-order valence-corrected chi connectivity index (χ3v) is 5.21. The number of piperidine rings is 1. The van der Waals surface area contributed by atoms with Gasteiger partial charge >= 0.3 is 0 Å². The topological polar surface area (TPSA) is 23.5 Å². The van der Waals surface area contributed by atoms with Crippen molar-refractivity contribution in [2.45, 2.75) is 77.9 Å². The van der Waals surface area contributed by atoms with Crippen LogP contribution >= 0.6 is 0 Å². The van der Waals surface area contributed by atoms with E-state index in [-0.39, 0.29) is 6.10 Å². The Kier molecular flexibility index (Phi) is 4.71. The second-order valence-electron chi connectivity index (χ2n) is 7.28. The summed E-state index contributed by atoms with van der Waals surface area (Å²) in [7, 11) is 0. The first kappa shape index (κ1) is 14.3. The highest BCUT2D eigenvalue weighted by Gasteiger charge is 2.36. The molecule has 0 aromatic heterocycles. The molecule has 0 aromatic rings. The van der Waals surface area contributed by atoms with Crippen LogP contribution in [0.2, 0.25) is 0 Å². The highest BCUT2D eigenvalue weighted by Crippen LogP contribution is 2.37. The van der Waals surface area contributed by atoms with E-state index < -0.39 is 0 Å². The summed E-state index contributed by atoms with van der Waals surface area (Å²) < 4.78 is 0. The number of nitrogens with zero attached hydrogens (tertiary/aromatic N) is 1. The van der Waals surface area contributed by atoms with Crippen LogP contribution in [-0.2, 0) is 0 Å². The highest BCUT2D eigenvalue weighted by molar-refractivity contribution is 4.90. The van der Waals surface area contributed by atoms with E-state index in [1.54, 1.807) is 0 Å². The van der Waals surface area contributed by atoms with Gasteiger partial charge in [0.15, 0.2) is 0 Å². The number of aliphatic hydroxyl groups excluding tert-OH is 1. The maximum absolute atomic E-state index is 9.97. The summed E-state index contributed by atoms with van der Waals surface area (Å²) in [6, 6.07) is 0.657. The zero-order valence-electron chi connectivity index (χ0n) is 12.5. The standard InChI is InChI=1S/C16H31NO/c1-4-5-13-6-7-14(18)12-15(13)17-10-8-16(2,3)9-11-17/h13-15,18H,4-12H2,1-3H3. The van der Waals surface area contributed by atoms with Gasteiger partial charge in [-0.15, -0.1) is 0 Å². The van der Waals surface area contributed by atoms with Crippen molar-refractivity contribution in [3.8, 4) is 0 Å². The van der Waals surface area contributed by atoms with Crippen LogP contribution in [0.25, 0.3) is 0 Å². The van der Waals surface area contributed by atoms with Crippen molar-refractivity contribution in [3.05, 3.63) is 0 Å². The molecule has 1 aliphatic carbocycles. The summed E-state index contributed by atoms with van der Waals surface area (Å²) in [5, 5.41) is 9.97. The molecule has 2 rings (SSSR count). The molecule has 1 saturated heterocycles. The van der Waals surface area contributed by atoms with Crippen LogP contribution in [-0.4, -0.2) is 35.2 Å². The van der Waals surface area contributed by atoms with Gasteiger partial charge in [0.2, 0.25) is 0 Å². The molecule has 18 heavy (non-hydrogen) atoms. The number of hydrogen-bond donors (Lipinski definition) is 1. The van der Waals surface area contributed by atoms with Gasteiger partial charge in [0.25, 0.3) is 0 Å². The van der Waals surface area contributed by atoms with Crippen LogP contribution in [0.15, 0.2) is 0 Å². The molecule has 1 saturated carbocycles. The third-order valence-electron chi connectivity index (χ3n) is 5.21. The lowest BCUT2D eigenvalue weighted by Gasteiger charge is -2.46. The first-order valence-corrected chi connectivity index (χ1v) is 7.94. The fourth-order valence-electron chi connectivity index (χ4n) is 3.80. The lowest BCUT2D eigenvalue weighted by atomic mass is 9.76. The molecule has 2 nitrogen and oxygen atoms in total. The van der Waals surface area contributed by atoms with Crippen LogP contribution in [0.5, 0.6) is 0 Å². The first-order valence-electron chi connectivity index (χ1n) is 7.94. The molecule has 106 valence electrons. The predicted octanol–water partition coefficient (Wildman–Crippen LogP) is 3.44. The van der Waals surface area contributed by atoms with Crippen molar-refractivity contribution in [1.29, 1.82) is 0 Å². The average Bonchev–Trinajstić information content (AvgIpc) is 2.32. The molecule has 2 aliphatic rings. The molecule has 0 radical (unpaired) electrons. The Morgan fingerprint density at radius 3 is 2.44 bits per heavy atom. The van der Waals surface area contributed by atoms with Gasteiger partial charge in [-0.05, 0) is 62.9 Å². The molecular weight excluding hydrogens is 222 g/mol. The summed E-state index contributed by atoms with van der Waals surface area (Å²) in [5.41, 5.74) is 0.532. The maximum Gasteiger partial charge on any atom is 0.0555 e. The van der Waals surface area contributed by atoms with Crippen molar-refractivity contribution < 1.29 is 5.11 Å². The quantitative estimate of drug-likeness (QED) is 0.833. The lowest BCUT2D eigenvalue weighted by molar-refractivity contribution is -0.000859. The lowest BCUT2D eigenvalue weighted by Crippen LogP contribution is -2.50. The second-order valence-corrected chi connectivity index (χ2v) is 7.28. The van der Waals surface area contributed by atoms with Crippen LogP contribution in [0.4, 0.5) is 0 Å². The Morgan fingerprint density at radius 1 is 1.17 bits per heavy atom. The smallest absolute Gasteiger partial charge is 0.0555 e. The minimum absolute atomic E-state index is 0.0435. The van der Waals surface area contributed by atoms with Gasteiger partial charge in [-0.1, -0.05) is 27.2 Å². The van der Waals surface area contributed by atoms with Gasteiger partial charge in [-0.25, -0.2) is 0 Å². The molecule has 3 unspecified atom stereocenters. The Balaban J connectivity index is 1.95. The first-order chi connectivity index (χ1) is 8.52. The van der Waals surface area contributed by atoms with Crippen molar-refractivity contribution >= 4 is 0 Å². The van der Waals surface area contributed by atoms with E-state index >= 15 is 0 Å². The van der Waals surface area contributed by atoms with Crippen molar-refractivity contribution in [1.82, 2.24) is 4.90 Å². The van der Waals surface area contributed by atoms with Gasteiger partial charge in [-0.2, -0.15) is 0 Å². The van der Waals surface area contributed by atoms with Gasteiger partial charge < -0.3 is 5.11 Å². The van der Waals surface area contributed by atoms with Gasteiger partial charge in [0, 0.05) is 6.04 Å². The Morgan fingerprint density at radius 2 is 1.83 bits per heavy atom. The largest absolute Gasteiger partial charge is 0.393 e.